The second-order valence-corrected chi connectivity index (χ2v) is 30.3. The number of amides is 13. The van der Waals surface area contributed by atoms with Gasteiger partial charge >= 0.3 is 11.9 Å². The number of aliphatic hydroxyl groups is 3. The number of unbranched alkanes of at least 4 members (excludes halogenated alkanes) is 11. The number of nitrogens with one attached hydrogen (secondary N) is 11. The maximum atomic E-state index is 14.2. The molecular formula is C79H122N14O20. The van der Waals surface area contributed by atoms with Crippen LogP contribution in [0.3, 0.4) is 0 Å². The van der Waals surface area contributed by atoms with Crippen molar-refractivity contribution < 1.29 is 97.5 Å². The van der Waals surface area contributed by atoms with Gasteiger partial charge in [0.15, 0.2) is 0 Å². The van der Waals surface area contributed by atoms with Gasteiger partial charge in [0.25, 0.3) is 0 Å². The van der Waals surface area contributed by atoms with Crippen molar-refractivity contribution in [3.05, 3.63) is 71.9 Å². The number of carboxylic acids is 2. The van der Waals surface area contributed by atoms with Crippen molar-refractivity contribution in [2.24, 2.45) is 29.2 Å². The molecule has 1 aliphatic heterocycles. The molecule has 0 bridgehead atoms. The maximum absolute atomic E-state index is 14.2. The van der Waals surface area contributed by atoms with E-state index in [1.807, 2.05) is 18.2 Å². The highest BCUT2D eigenvalue weighted by atomic mass is 16.4. The molecule has 34 nitrogen and oxygen atoms in total. The van der Waals surface area contributed by atoms with Crippen LogP contribution in [-0.2, 0) is 84.8 Å². The van der Waals surface area contributed by atoms with Gasteiger partial charge in [-0.1, -0.05) is 161 Å². The first-order valence-corrected chi connectivity index (χ1v) is 39.5. The van der Waals surface area contributed by atoms with Gasteiger partial charge in [0.05, 0.1) is 25.2 Å². The summed E-state index contributed by atoms with van der Waals surface area (Å²) in [5.74, 6) is -14.5. The van der Waals surface area contributed by atoms with E-state index in [2.05, 4.69) is 58.2 Å². The van der Waals surface area contributed by atoms with E-state index in [0.29, 0.717) is 56.2 Å². The lowest BCUT2D eigenvalue weighted by molar-refractivity contribution is -0.143. The molecule has 0 saturated carbocycles. The lowest BCUT2D eigenvalue weighted by atomic mass is 9.96. The van der Waals surface area contributed by atoms with Crippen molar-refractivity contribution in [2.45, 2.75) is 288 Å². The topological polar surface area (TPSA) is 549 Å². The Balaban J connectivity index is 1.17. The average Bonchev–Trinajstić information content (AvgIpc) is 1.78. The number of nitrogens with two attached hydrogens (primary N) is 2. The summed E-state index contributed by atoms with van der Waals surface area (Å²) in [7, 11) is 0. The first-order chi connectivity index (χ1) is 53.5. The van der Waals surface area contributed by atoms with Gasteiger partial charge in [-0.05, 0) is 93.7 Å². The minimum atomic E-state index is -1.70. The average molecular weight is 1590 g/mol. The third-order valence-corrected chi connectivity index (χ3v) is 19.8. The minimum absolute atomic E-state index is 0.0327. The van der Waals surface area contributed by atoms with E-state index < -0.39 is 180 Å². The lowest BCUT2D eigenvalue weighted by Gasteiger charge is -2.30. The Kier molecular flexibility index (Phi) is 41.7. The van der Waals surface area contributed by atoms with E-state index in [-0.39, 0.29) is 69.1 Å². The summed E-state index contributed by atoms with van der Waals surface area (Å²) in [6.07, 6.45) is 8.52. The predicted octanol–water partition coefficient (Wildman–Crippen LogP) is 1.46. The van der Waals surface area contributed by atoms with Crippen molar-refractivity contribution in [3.63, 3.8) is 0 Å². The van der Waals surface area contributed by atoms with Crippen LogP contribution in [0.4, 0.5) is 0 Å². The maximum Gasteiger partial charge on any atom is 0.326 e. The van der Waals surface area contributed by atoms with Crippen LogP contribution in [0.5, 0.6) is 0 Å². The zero-order valence-corrected chi connectivity index (χ0v) is 66.4. The zero-order chi connectivity index (χ0) is 84.0. The molecule has 14 atom stereocenters. The minimum Gasteiger partial charge on any atom is -0.480 e. The summed E-state index contributed by atoms with van der Waals surface area (Å²) in [6, 6.07) is -0.133. The van der Waals surface area contributed by atoms with Gasteiger partial charge < -0.3 is 100 Å². The van der Waals surface area contributed by atoms with Crippen LogP contribution in [0.15, 0.2) is 60.8 Å². The number of H-pyrrole nitrogens is 1. The van der Waals surface area contributed by atoms with Crippen LogP contribution in [0.1, 0.15) is 208 Å². The Labute approximate surface area is 659 Å². The summed E-state index contributed by atoms with van der Waals surface area (Å²) in [5, 5.41) is 77.3. The number of aromatic amines is 1. The molecule has 20 N–H and O–H groups in total. The number of hydrogen-bond donors (Lipinski definition) is 18. The van der Waals surface area contributed by atoms with Crippen LogP contribution < -0.4 is 64.6 Å². The Bertz CT molecular complexity index is 3650. The number of rotatable bonds is 54. The number of carbonyl (C=O) groups excluding carboxylic acids is 13. The molecule has 1 saturated heterocycles. The molecule has 3 aromatic rings. The molecule has 2 aromatic carbocycles. The summed E-state index contributed by atoms with van der Waals surface area (Å²) in [5.41, 5.74) is 12.9. The molecule has 4 rings (SSSR count). The standard InChI is InChI=1S/C79H122N14O20/c1-9-47(6)66(75(107)92-68(49(8)96)77(109)87-56(39-46(4)5)71(103)89-59(79(112)113)41-51-43-82-53-31-26-25-30-52(51)53)90-69(101)54(35-36-62(80)97)84-74(106)61-32-27-37-93(61)65(100)34-24-19-17-15-13-11-10-12-14-16-18-23-33-64(99)83-60(44-94)73(105)91-67(48(7)95)76(108)86-55(38-45(2)3)70(102)85-57(42-63(81)98)72(104)88-58(78(110)111)40-50-28-21-20-22-29-50/h20-22,25-26,28-31,43,45-49,54-61,66-68,82,94-96H,9-19,23-24,27,32-42,44H2,1-8H3,(H2,80,97)(H2,81,98)(H,83,99)(H,84,106)(H,85,102)(H,86,108)(H,87,109)(H,88,104)(H,89,103)(H,90,101)(H,91,105)(H,92,107)(H,110,111)(H,112,113)/t47?,48?,49?,54-,55-,56-,57-,58-,59-,60-,61?,66-,67-,68-/m0/s1. The molecule has 2 heterocycles. The second-order valence-electron chi connectivity index (χ2n) is 30.3. The molecule has 0 aliphatic carbocycles. The van der Waals surface area contributed by atoms with E-state index in [0.717, 1.165) is 68.7 Å². The van der Waals surface area contributed by atoms with Crippen LogP contribution in [0, 0.1) is 17.8 Å². The Hall–Kier alpha value is -10.1. The van der Waals surface area contributed by atoms with Gasteiger partial charge in [0.1, 0.15) is 66.5 Å². The summed E-state index contributed by atoms with van der Waals surface area (Å²) in [6.45, 7) is 12.3. The van der Waals surface area contributed by atoms with Crippen LogP contribution in [0.2, 0.25) is 0 Å². The fourth-order valence-electron chi connectivity index (χ4n) is 13.3. The Morgan fingerprint density at radius 1 is 0.478 bits per heavy atom. The van der Waals surface area contributed by atoms with E-state index >= 15 is 0 Å². The number of para-hydroxylation sites is 1. The van der Waals surface area contributed by atoms with Gasteiger partial charge in [0, 0.05) is 55.7 Å². The first kappa shape index (κ1) is 95.3. The number of nitrogens with zero attached hydrogens (tertiary/aromatic N) is 1. The summed E-state index contributed by atoms with van der Waals surface area (Å²) in [4.78, 5) is 204. The molecule has 1 fully saturated rings. The van der Waals surface area contributed by atoms with Gasteiger partial charge in [-0.2, -0.15) is 0 Å². The smallest absolute Gasteiger partial charge is 0.326 e. The van der Waals surface area contributed by atoms with Gasteiger partial charge in [-0.25, -0.2) is 9.59 Å². The summed E-state index contributed by atoms with van der Waals surface area (Å²) < 4.78 is 0. The predicted molar refractivity (Wildman–Crippen MR) is 417 cm³/mol. The van der Waals surface area contributed by atoms with E-state index in [1.54, 1.807) is 84.1 Å². The third kappa shape index (κ3) is 33.6. The molecule has 628 valence electrons. The highest BCUT2D eigenvalue weighted by Gasteiger charge is 2.41. The first-order valence-electron chi connectivity index (χ1n) is 39.5. The van der Waals surface area contributed by atoms with Crippen LogP contribution in [-0.4, -0.2) is 216 Å². The molecule has 34 heteroatoms. The Morgan fingerprint density at radius 2 is 0.920 bits per heavy atom. The monoisotopic (exact) mass is 1590 g/mol. The van der Waals surface area contributed by atoms with E-state index in [1.165, 1.54) is 18.7 Å². The fourth-order valence-corrected chi connectivity index (χ4v) is 13.3. The number of aliphatic carboxylic acids is 2. The molecule has 0 spiro atoms. The van der Waals surface area contributed by atoms with Crippen molar-refractivity contribution in [1.29, 1.82) is 0 Å². The highest BCUT2D eigenvalue weighted by Crippen LogP contribution is 2.23. The molecule has 13 amide bonds. The third-order valence-electron chi connectivity index (χ3n) is 19.8. The number of primary amides is 2. The Morgan fingerprint density at radius 3 is 1.42 bits per heavy atom. The van der Waals surface area contributed by atoms with Crippen LogP contribution in [0.25, 0.3) is 10.9 Å². The number of likely N-dealkylation sites (tertiary alicyclic amines) is 1. The van der Waals surface area contributed by atoms with E-state index in [9.17, 15) is 97.5 Å². The second kappa shape index (κ2) is 49.4. The van der Waals surface area contributed by atoms with Gasteiger partial charge in [-0.15, -0.1) is 0 Å². The SMILES string of the molecule is CCC(C)[C@H](NC(=O)[C@H](CCC(N)=O)NC(=O)C1CCCN1C(=O)CCCCCCCCCCCCCCC(=O)N[C@@H](CO)C(=O)N[C@H](C(=O)N[C@@H](CC(C)C)C(=O)N[C@@H](CC(N)=O)C(=O)N[C@@H](Cc1ccccc1)C(=O)O)C(C)O)C(=O)N[C@H](C(=O)N[C@@H](CC(C)C)C(=O)N[C@@H](Cc1c[nH]c2ccccc12)C(=O)O)C(C)O. The number of fused-ring (bicyclic) bond motifs is 1. The van der Waals surface area contributed by atoms with Gasteiger partial charge in [0.2, 0.25) is 76.8 Å². The number of carbonyl (C=O) groups is 15. The van der Waals surface area contributed by atoms with Crippen molar-refractivity contribution in [1.82, 2.24) is 63.1 Å². The van der Waals surface area contributed by atoms with Gasteiger partial charge in [-0.3, -0.25) is 62.3 Å². The number of hydrogen-bond acceptors (Lipinski definition) is 18. The zero-order valence-electron chi connectivity index (χ0n) is 66.4. The molecule has 113 heavy (non-hydrogen) atoms. The number of aromatic nitrogens is 1. The normalized spacial score (nSPS) is 16.2. The molecule has 1 aliphatic rings. The number of carboxylic acid groups (broad SMARTS) is 2. The number of benzene rings is 2. The van der Waals surface area contributed by atoms with Crippen molar-refractivity contribution in [3.8, 4) is 0 Å². The van der Waals surface area contributed by atoms with Crippen molar-refractivity contribution in [2.75, 3.05) is 13.2 Å². The van der Waals surface area contributed by atoms with Crippen molar-refractivity contribution >= 4 is 99.6 Å². The van der Waals surface area contributed by atoms with Crippen LogP contribution >= 0.6 is 0 Å². The van der Waals surface area contributed by atoms with E-state index in [4.69, 9.17) is 11.5 Å². The quantitative estimate of drug-likeness (QED) is 0.0356. The molecule has 1 aromatic heterocycles. The number of aliphatic hydroxyl groups excluding tert-OH is 3. The molecular weight excluding hydrogens is 1460 g/mol. The largest absolute Gasteiger partial charge is 0.480 e. The highest BCUT2D eigenvalue weighted by molar-refractivity contribution is 6.00. The fraction of sp³-hybridized carbons (Fsp3) is 0.633. The molecule has 0 radical (unpaired) electrons. The summed E-state index contributed by atoms with van der Waals surface area (Å²) >= 11 is 0. The lowest BCUT2D eigenvalue weighted by Crippen LogP contribution is -2.62. The molecule has 4 unspecified atom stereocenters.